The van der Waals surface area contributed by atoms with E-state index in [9.17, 15) is 14.4 Å². The Morgan fingerprint density at radius 1 is 0.286 bits per heavy atom. The molecule has 0 radical (unpaired) electrons. The van der Waals surface area contributed by atoms with Crippen LogP contribution in [0.3, 0.4) is 0 Å². The van der Waals surface area contributed by atoms with E-state index in [1.165, 1.54) is 103 Å². The van der Waals surface area contributed by atoms with E-state index in [2.05, 4.69) is 106 Å². The fraction of sp³-hybridized carbons (Fsp3) is 0.672. The van der Waals surface area contributed by atoms with Crippen LogP contribution in [0.4, 0.5) is 0 Å². The van der Waals surface area contributed by atoms with Crippen LogP contribution in [0.25, 0.3) is 0 Å². The van der Waals surface area contributed by atoms with Crippen LogP contribution in [-0.2, 0) is 28.6 Å². The van der Waals surface area contributed by atoms with Gasteiger partial charge in [-0.15, -0.1) is 0 Å². The molecule has 0 N–H and O–H groups in total. The molecule has 0 aromatic heterocycles. The Bertz CT molecular complexity index is 1440. The van der Waals surface area contributed by atoms with E-state index < -0.39 is 6.10 Å². The van der Waals surface area contributed by atoms with Gasteiger partial charge in [0.15, 0.2) is 6.10 Å². The topological polar surface area (TPSA) is 78.9 Å². The molecule has 0 spiro atoms. The maximum absolute atomic E-state index is 12.9. The molecule has 0 fully saturated rings. The normalized spacial score (nSPS) is 12.9. The van der Waals surface area contributed by atoms with Crippen LogP contribution in [0, 0.1) is 0 Å². The van der Waals surface area contributed by atoms with E-state index in [4.69, 9.17) is 14.2 Å². The molecule has 6 nitrogen and oxygen atoms in total. The predicted molar refractivity (Wildman–Crippen MR) is 302 cm³/mol. The second-order valence-corrected chi connectivity index (χ2v) is 19.0. The minimum absolute atomic E-state index is 0.108. The van der Waals surface area contributed by atoms with Crippen LogP contribution >= 0.6 is 0 Å². The van der Waals surface area contributed by atoms with E-state index in [0.717, 1.165) is 116 Å². The Hall–Kier alpha value is -3.93. The zero-order chi connectivity index (χ0) is 50.7. The molecule has 0 aliphatic rings. The second kappa shape index (κ2) is 57.6. The van der Waals surface area contributed by atoms with Crippen LogP contribution in [0.2, 0.25) is 0 Å². The molecule has 0 saturated heterocycles. The smallest absolute Gasteiger partial charge is 0.306 e. The Labute approximate surface area is 431 Å². The van der Waals surface area contributed by atoms with Gasteiger partial charge in [0.1, 0.15) is 13.2 Å². The van der Waals surface area contributed by atoms with Gasteiger partial charge >= 0.3 is 17.9 Å². The number of hydrogen-bond donors (Lipinski definition) is 0. The first kappa shape index (κ1) is 66.1. The average molecular weight is 972 g/mol. The fourth-order valence-corrected chi connectivity index (χ4v) is 7.75. The number of esters is 3. The Kier molecular flexibility index (Phi) is 54.4. The van der Waals surface area contributed by atoms with Crippen LogP contribution in [0.1, 0.15) is 258 Å². The van der Waals surface area contributed by atoms with Crippen molar-refractivity contribution in [2.24, 2.45) is 0 Å². The molecule has 398 valence electrons. The summed E-state index contributed by atoms with van der Waals surface area (Å²) in [5.74, 6) is -0.971. The molecule has 0 heterocycles. The van der Waals surface area contributed by atoms with Crippen molar-refractivity contribution in [3.05, 3.63) is 109 Å². The summed E-state index contributed by atoms with van der Waals surface area (Å²) >= 11 is 0. The predicted octanol–water partition coefficient (Wildman–Crippen LogP) is 19.5. The van der Waals surface area contributed by atoms with Crippen molar-refractivity contribution in [3.8, 4) is 0 Å². The van der Waals surface area contributed by atoms with E-state index in [0.29, 0.717) is 19.3 Å². The molecule has 1 unspecified atom stereocenters. The van der Waals surface area contributed by atoms with Crippen molar-refractivity contribution in [1.82, 2.24) is 0 Å². The third-order valence-corrected chi connectivity index (χ3v) is 12.1. The lowest BCUT2D eigenvalue weighted by atomic mass is 10.1. The van der Waals surface area contributed by atoms with E-state index in [1.807, 2.05) is 24.3 Å². The first-order chi connectivity index (χ1) is 34.5. The van der Waals surface area contributed by atoms with Crippen LogP contribution in [0.15, 0.2) is 109 Å². The highest BCUT2D eigenvalue weighted by atomic mass is 16.6. The number of carbonyl (C=O) groups excluding carboxylic acids is 3. The quantitative estimate of drug-likeness (QED) is 0.0262. The van der Waals surface area contributed by atoms with E-state index >= 15 is 0 Å². The molecule has 0 rings (SSSR count). The minimum atomic E-state index is -0.811. The van der Waals surface area contributed by atoms with Crippen molar-refractivity contribution in [3.63, 3.8) is 0 Å². The minimum Gasteiger partial charge on any atom is -0.462 e. The molecule has 0 bridgehead atoms. The zero-order valence-electron chi connectivity index (χ0n) is 45.5. The van der Waals surface area contributed by atoms with Crippen LogP contribution < -0.4 is 0 Å². The van der Waals surface area contributed by atoms with Gasteiger partial charge in [0.25, 0.3) is 0 Å². The highest BCUT2D eigenvalue weighted by Gasteiger charge is 2.19. The molecular weight excluding hydrogens is 865 g/mol. The number of carbonyl (C=O) groups is 3. The van der Waals surface area contributed by atoms with Gasteiger partial charge in [-0.2, -0.15) is 0 Å². The molecule has 0 aliphatic carbocycles. The standard InChI is InChI=1S/C64H106O6/c1-4-7-10-13-16-19-22-25-28-31-33-36-39-42-45-48-51-54-57-63(66)69-60-61(59-68-62(65)56-53-50-47-44-41-38-35-30-27-24-21-18-15-12-9-6-3)70-64(67)58-55-52-49-46-43-40-37-34-32-29-26-23-20-17-14-11-8-5-2/h10,13,16,19,22,25,28-38,41,61H,4-9,11-12,14-15,17-18,20-21,23-24,26-27,39-40,42-60H2,1-3H3/b13-10-,19-16-,25-22-,31-28-,32-29-,35-30-,36-33-,37-34-,41-38-. The van der Waals surface area contributed by atoms with Crippen molar-refractivity contribution < 1.29 is 28.6 Å². The highest BCUT2D eigenvalue weighted by molar-refractivity contribution is 5.71. The lowest BCUT2D eigenvalue weighted by molar-refractivity contribution is -0.167. The zero-order valence-corrected chi connectivity index (χ0v) is 45.5. The molecular formula is C64H106O6. The maximum Gasteiger partial charge on any atom is 0.306 e. The molecule has 6 heteroatoms. The first-order valence-electron chi connectivity index (χ1n) is 29.0. The third kappa shape index (κ3) is 55.0. The molecule has 70 heavy (non-hydrogen) atoms. The average Bonchev–Trinajstić information content (AvgIpc) is 3.36. The molecule has 0 aromatic carbocycles. The summed E-state index contributed by atoms with van der Waals surface area (Å²) in [5.41, 5.74) is 0. The second-order valence-electron chi connectivity index (χ2n) is 19.0. The summed E-state index contributed by atoms with van der Waals surface area (Å²) in [5, 5.41) is 0. The monoisotopic (exact) mass is 971 g/mol. The number of ether oxygens (including phenoxy) is 3. The van der Waals surface area contributed by atoms with Crippen molar-refractivity contribution in [2.45, 2.75) is 264 Å². The summed E-state index contributed by atoms with van der Waals surface area (Å²) in [7, 11) is 0. The number of hydrogen-bond acceptors (Lipinski definition) is 6. The molecule has 0 amide bonds. The molecule has 0 aromatic rings. The van der Waals surface area contributed by atoms with Crippen molar-refractivity contribution in [2.75, 3.05) is 13.2 Å². The fourth-order valence-electron chi connectivity index (χ4n) is 7.75. The lowest BCUT2D eigenvalue weighted by Gasteiger charge is -2.18. The van der Waals surface area contributed by atoms with Gasteiger partial charge in [0.2, 0.25) is 0 Å². The van der Waals surface area contributed by atoms with Crippen molar-refractivity contribution >= 4 is 17.9 Å². The summed E-state index contributed by atoms with van der Waals surface area (Å²) in [6, 6.07) is 0. The maximum atomic E-state index is 12.9. The summed E-state index contributed by atoms with van der Waals surface area (Å²) in [6.45, 7) is 6.49. The van der Waals surface area contributed by atoms with E-state index in [1.54, 1.807) is 0 Å². The van der Waals surface area contributed by atoms with E-state index in [-0.39, 0.29) is 31.1 Å². The van der Waals surface area contributed by atoms with Gasteiger partial charge in [-0.3, -0.25) is 14.4 Å². The SMILES string of the molecule is CCC\C=C/C=C\C=C/C=C\C=C/CCCCCCCC(=O)OCC(COC(=O)CCCCC/C=C\C=C/CCCCCCCCC)OC(=O)CCCCCCC/C=C\C=C/CCCCCCCCC. The summed E-state index contributed by atoms with van der Waals surface area (Å²) in [4.78, 5) is 38.2. The Morgan fingerprint density at radius 2 is 0.543 bits per heavy atom. The van der Waals surface area contributed by atoms with Gasteiger partial charge in [-0.1, -0.05) is 259 Å². The lowest BCUT2D eigenvalue weighted by Crippen LogP contribution is -2.30. The Balaban J connectivity index is 4.53. The van der Waals surface area contributed by atoms with Gasteiger partial charge in [0.05, 0.1) is 0 Å². The van der Waals surface area contributed by atoms with Gasteiger partial charge in [-0.05, 0) is 89.9 Å². The summed E-state index contributed by atoms with van der Waals surface area (Å²) in [6.07, 6.45) is 77.8. The first-order valence-corrected chi connectivity index (χ1v) is 29.0. The molecule has 0 saturated carbocycles. The molecule has 0 aliphatic heterocycles. The van der Waals surface area contributed by atoms with Gasteiger partial charge in [-0.25, -0.2) is 0 Å². The van der Waals surface area contributed by atoms with Crippen molar-refractivity contribution in [1.29, 1.82) is 0 Å². The number of allylic oxidation sites excluding steroid dienone is 18. The number of unbranched alkanes of at least 4 members (excludes halogenated alkanes) is 28. The number of rotatable bonds is 51. The third-order valence-electron chi connectivity index (χ3n) is 12.1. The highest BCUT2D eigenvalue weighted by Crippen LogP contribution is 2.14. The molecule has 1 atom stereocenters. The van der Waals surface area contributed by atoms with Crippen LogP contribution in [0.5, 0.6) is 0 Å². The van der Waals surface area contributed by atoms with Gasteiger partial charge < -0.3 is 14.2 Å². The summed E-state index contributed by atoms with van der Waals surface area (Å²) < 4.78 is 16.8. The van der Waals surface area contributed by atoms with Crippen LogP contribution in [-0.4, -0.2) is 37.2 Å². The Morgan fingerprint density at radius 3 is 0.886 bits per heavy atom. The largest absolute Gasteiger partial charge is 0.462 e. The van der Waals surface area contributed by atoms with Gasteiger partial charge in [0, 0.05) is 19.3 Å².